The maximum absolute atomic E-state index is 9.91. The Kier molecular flexibility index (Phi) is 7.49. The van der Waals surface area contributed by atoms with Crippen molar-refractivity contribution in [2.75, 3.05) is 0 Å². The van der Waals surface area contributed by atoms with E-state index in [0.29, 0.717) is 29.6 Å². The third-order valence-electron chi connectivity index (χ3n) is 8.60. The van der Waals surface area contributed by atoms with E-state index >= 15 is 0 Å². The molecule has 0 amide bonds. The number of rotatable bonds is 5. The lowest BCUT2D eigenvalue weighted by molar-refractivity contribution is 0.0609. The first kappa shape index (κ1) is 22.8. The van der Waals surface area contributed by atoms with Gasteiger partial charge in [-0.2, -0.15) is 0 Å². The first-order valence-corrected chi connectivity index (χ1v) is 12.1. The topological polar surface area (TPSA) is 40.5 Å². The molecule has 4 unspecified atom stereocenters. The molecule has 0 aliphatic heterocycles. The van der Waals surface area contributed by atoms with Crippen molar-refractivity contribution in [1.29, 1.82) is 0 Å². The van der Waals surface area contributed by atoms with Crippen molar-refractivity contribution >= 4 is 0 Å². The van der Waals surface area contributed by atoms with Gasteiger partial charge in [-0.1, -0.05) is 70.1 Å². The summed E-state index contributed by atoms with van der Waals surface area (Å²) in [6.45, 7) is 12.0. The molecule has 0 aromatic heterocycles. The van der Waals surface area contributed by atoms with Gasteiger partial charge in [0.05, 0.1) is 12.2 Å². The normalized spacial score (nSPS) is 40.7. The third kappa shape index (κ3) is 5.44. The van der Waals surface area contributed by atoms with Gasteiger partial charge in [-0.3, -0.25) is 0 Å². The molecule has 164 valence electrons. The lowest BCUT2D eigenvalue weighted by Gasteiger charge is -2.43. The highest BCUT2D eigenvalue weighted by atomic mass is 16.3. The number of hydrogen-bond donors (Lipinski definition) is 2. The van der Waals surface area contributed by atoms with E-state index in [1.807, 2.05) is 0 Å². The van der Waals surface area contributed by atoms with Crippen LogP contribution in [0, 0.1) is 35.0 Å². The van der Waals surface area contributed by atoms with E-state index in [4.69, 9.17) is 0 Å². The van der Waals surface area contributed by atoms with E-state index in [1.165, 1.54) is 37.7 Å². The molecule has 0 heterocycles. The quantitative estimate of drug-likeness (QED) is 0.521. The molecule has 2 N–H and O–H groups in total. The minimum Gasteiger partial charge on any atom is -0.393 e. The summed E-state index contributed by atoms with van der Waals surface area (Å²) in [7, 11) is 0. The third-order valence-corrected chi connectivity index (χ3v) is 8.60. The van der Waals surface area contributed by atoms with Crippen LogP contribution in [0.25, 0.3) is 0 Å². The number of allylic oxidation sites excluding steroid dienone is 5. The number of fused-ring (bicyclic) bond motifs is 1. The number of aliphatic hydroxyl groups excluding tert-OH is 2. The van der Waals surface area contributed by atoms with Crippen molar-refractivity contribution in [2.45, 2.75) is 98.2 Å². The van der Waals surface area contributed by atoms with Crippen LogP contribution in [0.4, 0.5) is 0 Å². The summed E-state index contributed by atoms with van der Waals surface area (Å²) in [5, 5.41) is 19.8. The number of aliphatic hydroxyl groups is 2. The molecule has 3 aliphatic rings. The zero-order chi connectivity index (χ0) is 21.2. The largest absolute Gasteiger partial charge is 0.393 e. The summed E-state index contributed by atoms with van der Waals surface area (Å²) in [6.07, 6.45) is 17.2. The Bertz CT molecular complexity index is 631. The zero-order valence-corrected chi connectivity index (χ0v) is 19.4. The molecule has 0 aromatic carbocycles. The summed E-state index contributed by atoms with van der Waals surface area (Å²) in [5.74, 6) is 3.67. The Morgan fingerprint density at radius 2 is 1.55 bits per heavy atom. The molecule has 0 bridgehead atoms. The lowest BCUT2D eigenvalue weighted by Crippen LogP contribution is -2.35. The van der Waals surface area contributed by atoms with Gasteiger partial charge in [-0.15, -0.1) is 0 Å². The predicted octanol–water partition coefficient (Wildman–Crippen LogP) is 6.45. The van der Waals surface area contributed by atoms with Crippen molar-refractivity contribution in [3.63, 3.8) is 0 Å². The van der Waals surface area contributed by atoms with Gasteiger partial charge in [0, 0.05) is 0 Å². The maximum Gasteiger partial charge on any atom is 0.0602 e. The molecule has 3 aliphatic carbocycles. The lowest BCUT2D eigenvalue weighted by atomic mass is 9.61. The molecule has 2 nitrogen and oxygen atoms in total. The van der Waals surface area contributed by atoms with Gasteiger partial charge in [0.1, 0.15) is 0 Å². The van der Waals surface area contributed by atoms with E-state index in [1.54, 1.807) is 5.57 Å². The molecule has 0 radical (unpaired) electrons. The van der Waals surface area contributed by atoms with E-state index in [0.717, 1.165) is 24.7 Å². The minimum atomic E-state index is -0.374. The second kappa shape index (κ2) is 9.52. The molecule has 0 aromatic rings. The first-order chi connectivity index (χ1) is 13.7. The Morgan fingerprint density at radius 3 is 2.21 bits per heavy atom. The Morgan fingerprint density at radius 1 is 0.897 bits per heavy atom. The van der Waals surface area contributed by atoms with Crippen LogP contribution in [-0.2, 0) is 0 Å². The summed E-state index contributed by atoms with van der Waals surface area (Å²) in [4.78, 5) is 0. The SMILES string of the molecule is CC(C)[C@@H](C)/C=C/[C@@H](C)C1CCC2C/C(=C/C=C3CC(O)C[C@H](O)C3)CCC21C. The highest BCUT2D eigenvalue weighted by Gasteiger charge is 2.49. The molecular weight excluding hydrogens is 356 g/mol. The number of hydrogen-bond acceptors (Lipinski definition) is 2. The monoisotopic (exact) mass is 400 g/mol. The smallest absolute Gasteiger partial charge is 0.0602 e. The van der Waals surface area contributed by atoms with Crippen LogP contribution in [0.1, 0.15) is 86.0 Å². The van der Waals surface area contributed by atoms with Crippen LogP contribution < -0.4 is 0 Å². The van der Waals surface area contributed by atoms with Crippen LogP contribution in [0.5, 0.6) is 0 Å². The highest BCUT2D eigenvalue weighted by molar-refractivity contribution is 5.23. The van der Waals surface area contributed by atoms with Gasteiger partial charge in [-0.25, -0.2) is 0 Å². The maximum atomic E-state index is 9.91. The van der Waals surface area contributed by atoms with Gasteiger partial charge in [0.2, 0.25) is 0 Å². The van der Waals surface area contributed by atoms with E-state index in [-0.39, 0.29) is 12.2 Å². The summed E-state index contributed by atoms with van der Waals surface area (Å²) >= 11 is 0. The average Bonchev–Trinajstić information content (AvgIpc) is 2.99. The van der Waals surface area contributed by atoms with Crippen molar-refractivity contribution < 1.29 is 10.2 Å². The molecule has 0 saturated heterocycles. The first-order valence-electron chi connectivity index (χ1n) is 12.1. The van der Waals surface area contributed by atoms with Crippen LogP contribution in [-0.4, -0.2) is 22.4 Å². The van der Waals surface area contributed by atoms with Crippen LogP contribution in [0.15, 0.2) is 35.5 Å². The Balaban J connectivity index is 1.62. The standard InChI is InChI=1S/C27H44O2/c1-18(2)19(3)6-7-20(4)26-11-10-23-14-21(12-13-27(23,26)5)8-9-22-15-24(28)17-25(29)16-22/h6-9,18-20,23-26,28-29H,10-17H2,1-5H3/b7-6+,21-8+,22-9?/t19-,20+,23?,24+,25?,26?,27?/m0/s1. The van der Waals surface area contributed by atoms with E-state index < -0.39 is 0 Å². The van der Waals surface area contributed by atoms with E-state index in [2.05, 4.69) is 58.9 Å². The molecule has 3 rings (SSSR count). The van der Waals surface area contributed by atoms with Crippen molar-refractivity contribution in [3.8, 4) is 0 Å². The van der Waals surface area contributed by atoms with Crippen LogP contribution in [0.2, 0.25) is 0 Å². The van der Waals surface area contributed by atoms with Crippen LogP contribution in [0.3, 0.4) is 0 Å². The molecule has 7 atom stereocenters. The fourth-order valence-corrected chi connectivity index (χ4v) is 6.18. The summed E-state index contributed by atoms with van der Waals surface area (Å²) in [5.41, 5.74) is 3.26. The second-order valence-corrected chi connectivity index (χ2v) is 11.0. The molecule has 0 spiro atoms. The zero-order valence-electron chi connectivity index (χ0n) is 19.4. The van der Waals surface area contributed by atoms with Crippen LogP contribution >= 0.6 is 0 Å². The molecule has 29 heavy (non-hydrogen) atoms. The highest BCUT2D eigenvalue weighted by Crippen LogP contribution is 2.58. The Hall–Kier alpha value is -0.860. The van der Waals surface area contributed by atoms with Gasteiger partial charge < -0.3 is 10.2 Å². The predicted molar refractivity (Wildman–Crippen MR) is 123 cm³/mol. The average molecular weight is 401 g/mol. The van der Waals surface area contributed by atoms with Gasteiger partial charge in [-0.05, 0) is 86.4 Å². The van der Waals surface area contributed by atoms with Crippen molar-refractivity contribution in [2.24, 2.45) is 35.0 Å². The van der Waals surface area contributed by atoms with Gasteiger partial charge >= 0.3 is 0 Å². The molecule has 3 fully saturated rings. The molecular formula is C27H44O2. The molecule has 3 saturated carbocycles. The summed E-state index contributed by atoms with van der Waals surface area (Å²) in [6, 6.07) is 0. The molecule has 2 heteroatoms. The Labute approximate surface area is 179 Å². The fraction of sp³-hybridized carbons (Fsp3) is 0.778. The fourth-order valence-electron chi connectivity index (χ4n) is 6.18. The van der Waals surface area contributed by atoms with E-state index in [9.17, 15) is 10.2 Å². The minimum absolute atomic E-state index is 0.374. The van der Waals surface area contributed by atoms with Crippen molar-refractivity contribution in [3.05, 3.63) is 35.5 Å². The van der Waals surface area contributed by atoms with Gasteiger partial charge in [0.15, 0.2) is 0 Å². The van der Waals surface area contributed by atoms with Crippen molar-refractivity contribution in [1.82, 2.24) is 0 Å². The summed E-state index contributed by atoms with van der Waals surface area (Å²) < 4.78 is 0. The van der Waals surface area contributed by atoms with Gasteiger partial charge in [0.25, 0.3) is 0 Å². The second-order valence-electron chi connectivity index (χ2n) is 11.0.